The monoisotopic (exact) mass is 457 g/mol. The van der Waals surface area contributed by atoms with E-state index in [4.69, 9.17) is 9.47 Å². The van der Waals surface area contributed by atoms with Crippen molar-refractivity contribution in [3.63, 3.8) is 0 Å². The van der Waals surface area contributed by atoms with Crippen LogP contribution in [0.5, 0.6) is 11.5 Å². The number of methoxy groups -OCH3 is 1. The first-order valence-electron chi connectivity index (χ1n) is 10.1. The number of carbonyl (C=O) groups is 1. The molecule has 3 aromatic rings. The van der Waals surface area contributed by atoms with E-state index in [1.54, 1.807) is 30.0 Å². The fourth-order valence-electron chi connectivity index (χ4n) is 3.04. The molecule has 1 aromatic heterocycles. The van der Waals surface area contributed by atoms with Crippen molar-refractivity contribution in [1.29, 1.82) is 0 Å². The van der Waals surface area contributed by atoms with Crippen molar-refractivity contribution >= 4 is 15.8 Å². The Morgan fingerprint density at radius 2 is 1.69 bits per heavy atom. The van der Waals surface area contributed by atoms with Gasteiger partial charge in [-0.25, -0.2) is 17.8 Å². The fraction of sp³-hybridized carbons (Fsp3) is 0.304. The zero-order valence-corrected chi connectivity index (χ0v) is 19.3. The summed E-state index contributed by atoms with van der Waals surface area (Å²) in [5.74, 6) is 1.14. The number of nitrogens with zero attached hydrogens (tertiary/aromatic N) is 2. The van der Waals surface area contributed by atoms with Crippen LogP contribution in [0.15, 0.2) is 54.6 Å². The number of benzene rings is 2. The number of sulfonamides is 1. The molecule has 170 valence electrons. The lowest BCUT2D eigenvalue weighted by Crippen LogP contribution is -2.26. The second kappa shape index (κ2) is 9.97. The van der Waals surface area contributed by atoms with E-state index < -0.39 is 10.0 Å². The molecule has 0 saturated carbocycles. The highest BCUT2D eigenvalue weighted by Gasteiger charge is 2.19. The minimum atomic E-state index is -3.24. The molecule has 8 nitrogen and oxygen atoms in total. The van der Waals surface area contributed by atoms with Crippen LogP contribution < -0.4 is 14.2 Å². The van der Waals surface area contributed by atoms with Gasteiger partial charge in [-0.05, 0) is 54.6 Å². The van der Waals surface area contributed by atoms with Crippen molar-refractivity contribution in [3.8, 4) is 28.4 Å². The van der Waals surface area contributed by atoms with Crippen molar-refractivity contribution < 1.29 is 22.7 Å². The average Bonchev–Trinajstić information content (AvgIpc) is 3.21. The first kappa shape index (κ1) is 23.5. The van der Waals surface area contributed by atoms with E-state index in [1.165, 1.54) is 0 Å². The van der Waals surface area contributed by atoms with Crippen LogP contribution >= 0.6 is 0 Å². The van der Waals surface area contributed by atoms with E-state index in [-0.39, 0.29) is 24.9 Å². The molecule has 9 heteroatoms. The molecule has 0 bridgehead atoms. The lowest BCUT2D eigenvalue weighted by atomic mass is 10.1. The minimum Gasteiger partial charge on any atom is -0.497 e. The summed E-state index contributed by atoms with van der Waals surface area (Å²) >= 11 is 0. The van der Waals surface area contributed by atoms with Crippen molar-refractivity contribution in [2.75, 3.05) is 26.5 Å². The third kappa shape index (κ3) is 5.95. The molecule has 32 heavy (non-hydrogen) atoms. The fourth-order valence-corrected chi connectivity index (χ4v) is 3.50. The number of Topliss-reactive ketones (excluding diaryl/α,β-unsaturated/α-hetero) is 1. The molecule has 0 aliphatic heterocycles. The number of carbonyl (C=O) groups excluding carboxylic acids is 1. The van der Waals surface area contributed by atoms with Crippen LogP contribution in [0, 0.1) is 5.92 Å². The lowest BCUT2D eigenvalue weighted by molar-refractivity contribution is 0.0934. The SMILES string of the molecule is COc1ccc(-n2nc(C(=O)C(C)C)cc2-c2ccc(OCCNS(C)(=O)=O)cc2)cc1. The standard InChI is InChI=1S/C23H27N3O5S/c1-16(2)23(27)21-15-22(26(25-21)18-7-11-19(30-3)12-8-18)17-5-9-20(10-6-17)31-14-13-24-32(4,28)29/h5-12,15-16,24H,13-14H2,1-4H3. The molecule has 0 atom stereocenters. The van der Waals surface area contributed by atoms with Gasteiger partial charge in [0.2, 0.25) is 10.0 Å². The first-order valence-corrected chi connectivity index (χ1v) is 12.0. The van der Waals surface area contributed by atoms with Crippen LogP contribution in [0.1, 0.15) is 24.3 Å². The predicted octanol–water partition coefficient (Wildman–Crippen LogP) is 3.31. The number of rotatable bonds is 10. The van der Waals surface area contributed by atoms with E-state index in [1.807, 2.05) is 50.2 Å². The van der Waals surface area contributed by atoms with Crippen LogP contribution in [0.2, 0.25) is 0 Å². The molecule has 1 N–H and O–H groups in total. The van der Waals surface area contributed by atoms with Gasteiger partial charge in [0.25, 0.3) is 0 Å². The van der Waals surface area contributed by atoms with Crippen molar-refractivity contribution in [2.24, 2.45) is 5.92 Å². The van der Waals surface area contributed by atoms with E-state index in [2.05, 4.69) is 9.82 Å². The van der Waals surface area contributed by atoms with Crippen LogP contribution in [-0.4, -0.2) is 50.5 Å². The van der Waals surface area contributed by atoms with Gasteiger partial charge in [0.05, 0.1) is 24.7 Å². The maximum absolute atomic E-state index is 12.6. The van der Waals surface area contributed by atoms with Gasteiger partial charge < -0.3 is 9.47 Å². The number of hydrogen-bond donors (Lipinski definition) is 1. The Kier molecular flexibility index (Phi) is 7.32. The maximum Gasteiger partial charge on any atom is 0.208 e. The normalized spacial score (nSPS) is 11.5. The molecule has 0 saturated heterocycles. The summed E-state index contributed by atoms with van der Waals surface area (Å²) in [5, 5.41) is 4.57. The number of hydrogen-bond acceptors (Lipinski definition) is 6. The Hall–Kier alpha value is -3.17. The van der Waals surface area contributed by atoms with Gasteiger partial charge in [-0.15, -0.1) is 0 Å². The van der Waals surface area contributed by atoms with Gasteiger partial charge >= 0.3 is 0 Å². The highest BCUT2D eigenvalue weighted by Crippen LogP contribution is 2.27. The third-order valence-corrected chi connectivity index (χ3v) is 5.42. The molecule has 2 aromatic carbocycles. The summed E-state index contributed by atoms with van der Waals surface area (Å²) in [5.41, 5.74) is 2.83. The number of aromatic nitrogens is 2. The van der Waals surface area contributed by atoms with Crippen molar-refractivity contribution in [3.05, 3.63) is 60.3 Å². The van der Waals surface area contributed by atoms with Gasteiger partial charge in [0, 0.05) is 18.0 Å². The topological polar surface area (TPSA) is 99.5 Å². The zero-order valence-electron chi connectivity index (χ0n) is 18.5. The van der Waals surface area contributed by atoms with E-state index in [0.29, 0.717) is 11.4 Å². The highest BCUT2D eigenvalue weighted by molar-refractivity contribution is 7.88. The van der Waals surface area contributed by atoms with Gasteiger partial charge in [-0.1, -0.05) is 13.8 Å². The van der Waals surface area contributed by atoms with Crippen LogP contribution in [-0.2, 0) is 10.0 Å². The summed E-state index contributed by atoms with van der Waals surface area (Å²) in [7, 11) is -1.64. The molecule has 3 rings (SSSR count). The molecular formula is C23H27N3O5S. The summed E-state index contributed by atoms with van der Waals surface area (Å²) in [6, 6.07) is 16.6. The largest absolute Gasteiger partial charge is 0.497 e. The van der Waals surface area contributed by atoms with Gasteiger partial charge in [0.15, 0.2) is 5.78 Å². The molecule has 1 heterocycles. The molecule has 0 radical (unpaired) electrons. The van der Waals surface area contributed by atoms with Gasteiger partial charge in [-0.2, -0.15) is 5.10 Å². The zero-order chi connectivity index (χ0) is 23.3. The molecule has 0 aliphatic rings. The first-order chi connectivity index (χ1) is 15.2. The van der Waals surface area contributed by atoms with Gasteiger partial charge in [0.1, 0.15) is 23.8 Å². The second-order valence-corrected chi connectivity index (χ2v) is 9.42. The predicted molar refractivity (Wildman–Crippen MR) is 123 cm³/mol. The highest BCUT2D eigenvalue weighted by atomic mass is 32.2. The summed E-state index contributed by atoms with van der Waals surface area (Å²) in [6.45, 7) is 4.09. The Balaban J connectivity index is 1.87. The summed E-state index contributed by atoms with van der Waals surface area (Å²) < 4.78 is 37.2. The van der Waals surface area contributed by atoms with Crippen LogP contribution in [0.4, 0.5) is 0 Å². The Bertz CT molecular complexity index is 1170. The Labute approximate surface area is 188 Å². The van der Waals surface area contributed by atoms with E-state index in [9.17, 15) is 13.2 Å². The minimum absolute atomic E-state index is 0.0307. The molecule has 0 unspecified atom stereocenters. The molecule has 0 spiro atoms. The number of nitrogens with one attached hydrogen (secondary N) is 1. The summed E-state index contributed by atoms with van der Waals surface area (Å²) in [6.07, 6.45) is 1.10. The number of ketones is 1. The molecule has 0 fully saturated rings. The summed E-state index contributed by atoms with van der Waals surface area (Å²) in [4.78, 5) is 12.6. The Morgan fingerprint density at radius 3 is 2.25 bits per heavy atom. The number of ether oxygens (including phenoxy) is 2. The maximum atomic E-state index is 12.6. The molecule has 0 amide bonds. The second-order valence-electron chi connectivity index (χ2n) is 7.58. The van der Waals surface area contributed by atoms with Crippen LogP contribution in [0.25, 0.3) is 16.9 Å². The third-order valence-electron chi connectivity index (χ3n) is 4.69. The Morgan fingerprint density at radius 1 is 1.06 bits per heavy atom. The van der Waals surface area contributed by atoms with Crippen molar-refractivity contribution in [2.45, 2.75) is 13.8 Å². The smallest absolute Gasteiger partial charge is 0.208 e. The quantitative estimate of drug-likeness (QED) is 0.370. The molecular weight excluding hydrogens is 430 g/mol. The van der Waals surface area contributed by atoms with E-state index in [0.717, 1.165) is 29.0 Å². The van der Waals surface area contributed by atoms with E-state index >= 15 is 0 Å². The lowest BCUT2D eigenvalue weighted by Gasteiger charge is -2.10. The van der Waals surface area contributed by atoms with Crippen molar-refractivity contribution in [1.82, 2.24) is 14.5 Å². The van der Waals surface area contributed by atoms with Crippen LogP contribution in [0.3, 0.4) is 0 Å². The van der Waals surface area contributed by atoms with Gasteiger partial charge in [-0.3, -0.25) is 4.79 Å². The molecule has 0 aliphatic carbocycles. The average molecular weight is 458 g/mol.